The summed E-state index contributed by atoms with van der Waals surface area (Å²) < 4.78 is 20.3. The molecule has 8 heteroatoms. The molecule has 1 fully saturated rings. The van der Waals surface area contributed by atoms with Crippen molar-refractivity contribution < 1.29 is 13.9 Å². The zero-order chi connectivity index (χ0) is 28.7. The van der Waals surface area contributed by atoms with Crippen molar-refractivity contribution in [2.75, 3.05) is 18.8 Å². The van der Waals surface area contributed by atoms with Gasteiger partial charge in [-0.05, 0) is 89.2 Å². The number of likely N-dealkylation sites (tertiary alicyclic amines) is 1. The molecule has 0 aliphatic carbocycles. The number of anilines is 1. The van der Waals surface area contributed by atoms with E-state index in [9.17, 15) is 9.18 Å². The minimum Gasteiger partial charge on any atom is -0.491 e. The highest BCUT2D eigenvalue weighted by atomic mass is 19.1. The fraction of sp³-hybridized carbons (Fsp3) is 0.367. The number of aromatic nitrogens is 1. The van der Waals surface area contributed by atoms with Crippen LogP contribution in [0, 0.1) is 11.2 Å². The van der Waals surface area contributed by atoms with E-state index in [0.29, 0.717) is 17.1 Å². The van der Waals surface area contributed by atoms with Crippen LogP contribution in [0.25, 0.3) is 11.3 Å². The maximum atomic E-state index is 14.6. The van der Waals surface area contributed by atoms with Crippen molar-refractivity contribution in [1.29, 1.82) is 5.41 Å². The van der Waals surface area contributed by atoms with E-state index in [2.05, 4.69) is 28.5 Å². The van der Waals surface area contributed by atoms with Gasteiger partial charge in [0.2, 0.25) is 0 Å². The van der Waals surface area contributed by atoms with Gasteiger partial charge in [-0.2, -0.15) is 0 Å². The Morgan fingerprint density at radius 1 is 1.18 bits per heavy atom. The summed E-state index contributed by atoms with van der Waals surface area (Å²) in [6.07, 6.45) is 8.85. The predicted octanol–water partition coefficient (Wildman–Crippen LogP) is 6.74. The lowest BCUT2D eigenvalue weighted by atomic mass is 10.1. The van der Waals surface area contributed by atoms with Gasteiger partial charge in [-0.15, -0.1) is 0 Å². The molecule has 0 saturated carbocycles. The van der Waals surface area contributed by atoms with Crippen LogP contribution < -0.4 is 15.8 Å². The smallest absolute Gasteiger partial charge is 0.276 e. The molecule has 0 atom stereocenters. The quantitative estimate of drug-likeness (QED) is 0.263. The Bertz CT molecular complexity index is 1120. The summed E-state index contributed by atoms with van der Waals surface area (Å²) in [7, 11) is 0. The van der Waals surface area contributed by atoms with Crippen molar-refractivity contribution in [1.82, 2.24) is 15.2 Å². The summed E-state index contributed by atoms with van der Waals surface area (Å²) in [6, 6.07) is 7.61. The standard InChI is InChI=1S/C27H33FN4O2.C2H6.CH3N/c1-5-10-25(32-15-8-7-9-16-32)23(6-2)31-27(33)26-22(29)13-14-24(30-26)20-17-19(34-18(3)4)11-12-21(20)28;2*1-2/h5-6,10-14,17-18H,2,7-9,15-16,29H2,1,3-4H3,(H,31,33);1-2H3;2H,1H2/b10-5-,25-23-;;. The van der Waals surface area contributed by atoms with Crippen molar-refractivity contribution >= 4 is 18.3 Å². The van der Waals surface area contributed by atoms with Gasteiger partial charge in [0.1, 0.15) is 11.6 Å². The number of benzene rings is 1. The maximum absolute atomic E-state index is 14.6. The molecule has 1 aliphatic heterocycles. The molecule has 0 bridgehead atoms. The molecule has 1 saturated heterocycles. The average Bonchev–Trinajstić information content (AvgIpc) is 2.94. The topological polar surface area (TPSA) is 104 Å². The number of rotatable bonds is 8. The Hall–Kier alpha value is -3.94. The number of allylic oxidation sites excluding steroid dienone is 3. The first-order valence-corrected chi connectivity index (χ1v) is 13.0. The van der Waals surface area contributed by atoms with Gasteiger partial charge in [0, 0.05) is 18.7 Å². The second-order valence-electron chi connectivity index (χ2n) is 8.45. The third-order valence-corrected chi connectivity index (χ3v) is 5.48. The Morgan fingerprint density at radius 3 is 2.42 bits per heavy atom. The number of nitrogen functional groups attached to an aromatic ring is 1. The molecule has 4 N–H and O–H groups in total. The lowest BCUT2D eigenvalue weighted by molar-refractivity contribution is 0.0962. The van der Waals surface area contributed by atoms with Gasteiger partial charge in [-0.25, -0.2) is 9.37 Å². The van der Waals surface area contributed by atoms with Crippen LogP contribution in [-0.4, -0.2) is 41.7 Å². The summed E-state index contributed by atoms with van der Waals surface area (Å²) in [5, 5.41) is 8.41. The second-order valence-corrected chi connectivity index (χ2v) is 8.45. The molecule has 1 amide bonds. The molecule has 7 nitrogen and oxygen atoms in total. The van der Waals surface area contributed by atoms with Crippen molar-refractivity contribution in [3.63, 3.8) is 0 Å². The highest BCUT2D eigenvalue weighted by Crippen LogP contribution is 2.28. The zero-order valence-electron chi connectivity index (χ0n) is 23.3. The van der Waals surface area contributed by atoms with Gasteiger partial charge in [-0.3, -0.25) is 4.79 Å². The summed E-state index contributed by atoms with van der Waals surface area (Å²) in [5.41, 5.74) is 8.30. The first kappa shape index (κ1) is 32.1. The number of carbonyl (C=O) groups is 1. The van der Waals surface area contributed by atoms with E-state index in [1.54, 1.807) is 30.3 Å². The molecule has 1 aliphatic rings. The minimum absolute atomic E-state index is 0.0184. The fourth-order valence-corrected chi connectivity index (χ4v) is 3.91. The maximum Gasteiger partial charge on any atom is 0.276 e. The lowest BCUT2D eigenvalue weighted by Gasteiger charge is -2.31. The SMILES string of the molecule is C=C/C(NC(=O)c1nc(-c2cc(OC(C)C)ccc2F)ccc1N)=C(\C=C/C)N1CCCCC1.C=N.CC. The number of hydrogen-bond acceptors (Lipinski definition) is 6. The van der Waals surface area contributed by atoms with E-state index in [-0.39, 0.29) is 23.0 Å². The average molecular weight is 524 g/mol. The Morgan fingerprint density at radius 2 is 1.84 bits per heavy atom. The van der Waals surface area contributed by atoms with Crippen LogP contribution in [0.2, 0.25) is 0 Å². The van der Waals surface area contributed by atoms with Crippen LogP contribution >= 0.6 is 0 Å². The Labute approximate surface area is 226 Å². The number of carbonyl (C=O) groups excluding carboxylic acids is 1. The number of nitrogens with two attached hydrogens (primary N) is 1. The normalized spacial score (nSPS) is 13.5. The predicted molar refractivity (Wildman–Crippen MR) is 156 cm³/mol. The third-order valence-electron chi connectivity index (χ3n) is 5.48. The molecule has 3 rings (SSSR count). The number of hydrogen-bond donors (Lipinski definition) is 3. The number of piperidine rings is 1. The highest BCUT2D eigenvalue weighted by Gasteiger charge is 2.20. The highest BCUT2D eigenvalue weighted by molar-refractivity contribution is 5.99. The monoisotopic (exact) mass is 523 g/mol. The molecule has 0 spiro atoms. The zero-order valence-corrected chi connectivity index (χ0v) is 23.3. The van der Waals surface area contributed by atoms with Crippen LogP contribution in [0.4, 0.5) is 10.1 Å². The van der Waals surface area contributed by atoms with E-state index in [4.69, 9.17) is 15.9 Å². The molecule has 206 valence electrons. The number of halogens is 1. The number of nitrogens with one attached hydrogen (secondary N) is 2. The molecular formula is C30H42FN5O2. The van der Waals surface area contributed by atoms with E-state index in [0.717, 1.165) is 31.6 Å². The van der Waals surface area contributed by atoms with Gasteiger partial charge < -0.3 is 26.1 Å². The van der Waals surface area contributed by atoms with Gasteiger partial charge in [0.25, 0.3) is 5.91 Å². The van der Waals surface area contributed by atoms with Gasteiger partial charge in [0.05, 0.1) is 28.9 Å². The van der Waals surface area contributed by atoms with Crippen LogP contribution in [0.3, 0.4) is 0 Å². The van der Waals surface area contributed by atoms with Gasteiger partial charge in [0.15, 0.2) is 5.69 Å². The Balaban J connectivity index is 0.00000172. The van der Waals surface area contributed by atoms with Crippen molar-refractivity contribution in [3.8, 4) is 17.0 Å². The number of amides is 1. The van der Waals surface area contributed by atoms with Crippen molar-refractivity contribution in [2.45, 2.75) is 60.0 Å². The largest absolute Gasteiger partial charge is 0.491 e. The molecule has 1 aromatic carbocycles. The van der Waals surface area contributed by atoms with Crippen LogP contribution in [0.5, 0.6) is 5.75 Å². The molecule has 0 unspecified atom stereocenters. The first-order valence-electron chi connectivity index (χ1n) is 13.0. The molecule has 2 heterocycles. The second kappa shape index (κ2) is 16.7. The van der Waals surface area contributed by atoms with Crippen LogP contribution in [0.1, 0.15) is 64.4 Å². The van der Waals surface area contributed by atoms with Gasteiger partial charge >= 0.3 is 0 Å². The molecule has 38 heavy (non-hydrogen) atoms. The summed E-state index contributed by atoms with van der Waals surface area (Å²) in [4.78, 5) is 19.9. The molecule has 1 aromatic heterocycles. The van der Waals surface area contributed by atoms with Crippen LogP contribution in [0.15, 0.2) is 66.5 Å². The number of nitrogens with zero attached hydrogens (tertiary/aromatic N) is 2. The van der Waals surface area contributed by atoms with E-state index >= 15 is 0 Å². The van der Waals surface area contributed by atoms with Crippen LogP contribution in [-0.2, 0) is 0 Å². The molecule has 0 radical (unpaired) electrons. The van der Waals surface area contributed by atoms with E-state index in [1.807, 2.05) is 46.8 Å². The lowest BCUT2D eigenvalue weighted by Crippen LogP contribution is -2.33. The molecular weight excluding hydrogens is 481 g/mol. The summed E-state index contributed by atoms with van der Waals surface area (Å²) in [6.45, 7) is 17.9. The number of ether oxygens (including phenoxy) is 1. The van der Waals surface area contributed by atoms with Gasteiger partial charge in [-0.1, -0.05) is 26.5 Å². The van der Waals surface area contributed by atoms with E-state index in [1.165, 1.54) is 12.5 Å². The van der Waals surface area contributed by atoms with E-state index < -0.39 is 11.7 Å². The summed E-state index contributed by atoms with van der Waals surface area (Å²) >= 11 is 0. The fourth-order valence-electron chi connectivity index (χ4n) is 3.91. The van der Waals surface area contributed by atoms with Crippen molar-refractivity contribution in [2.24, 2.45) is 0 Å². The first-order chi connectivity index (χ1) is 18.3. The molecule has 2 aromatic rings. The third kappa shape index (κ3) is 8.87. The minimum atomic E-state index is -0.483. The number of pyridine rings is 1. The van der Waals surface area contributed by atoms with Crippen molar-refractivity contribution in [3.05, 3.63) is 78.0 Å². The Kier molecular flexibility index (Phi) is 14.1. The summed E-state index contributed by atoms with van der Waals surface area (Å²) in [5.74, 6) is -0.430.